The Hall–Kier alpha value is -2.03. The molecule has 2 atom stereocenters. The Morgan fingerprint density at radius 1 is 0.526 bits per heavy atom. The summed E-state index contributed by atoms with van der Waals surface area (Å²) in [6.45, 7) is 3.68. The Balaban J connectivity index is 4.13. The second kappa shape index (κ2) is 43.5. The van der Waals surface area contributed by atoms with E-state index in [-0.39, 0.29) is 38.6 Å². The van der Waals surface area contributed by atoms with Gasteiger partial charge in [0.15, 0.2) is 6.10 Å². The zero-order valence-electron chi connectivity index (χ0n) is 36.6. The van der Waals surface area contributed by atoms with Crippen molar-refractivity contribution in [2.75, 3.05) is 26.4 Å². The number of carbonyl (C=O) groups is 2. The van der Waals surface area contributed by atoms with Crippen LogP contribution in [-0.4, -0.2) is 49.3 Å². The van der Waals surface area contributed by atoms with E-state index in [9.17, 15) is 19.0 Å². The van der Waals surface area contributed by atoms with E-state index < -0.39 is 26.5 Å². The van der Waals surface area contributed by atoms with Crippen molar-refractivity contribution >= 4 is 19.8 Å². The normalized spacial score (nSPS) is 13.7. The van der Waals surface area contributed by atoms with Gasteiger partial charge in [-0.2, -0.15) is 0 Å². The molecule has 10 heteroatoms. The quantitative estimate of drug-likeness (QED) is 0.0267. The lowest BCUT2D eigenvalue weighted by molar-refractivity contribution is -0.161. The van der Waals surface area contributed by atoms with Gasteiger partial charge in [-0.05, 0) is 77.0 Å². The molecule has 3 N–H and O–H groups in total. The summed E-state index contributed by atoms with van der Waals surface area (Å²) in [4.78, 5) is 34.9. The van der Waals surface area contributed by atoms with Crippen LogP contribution in [0.25, 0.3) is 0 Å². The molecule has 0 fully saturated rings. The first kappa shape index (κ1) is 55.0. The van der Waals surface area contributed by atoms with Gasteiger partial charge in [0, 0.05) is 19.4 Å². The highest BCUT2D eigenvalue weighted by Crippen LogP contribution is 2.43. The Kier molecular flexibility index (Phi) is 42.0. The van der Waals surface area contributed by atoms with E-state index in [0.717, 1.165) is 64.2 Å². The van der Waals surface area contributed by atoms with Crippen molar-refractivity contribution in [3.63, 3.8) is 0 Å². The number of nitrogens with two attached hydrogens (primary N) is 1. The van der Waals surface area contributed by atoms with E-state index in [0.29, 0.717) is 6.42 Å². The number of phosphoric acid groups is 1. The molecule has 0 radical (unpaired) electrons. The van der Waals surface area contributed by atoms with E-state index in [4.69, 9.17) is 24.3 Å². The van der Waals surface area contributed by atoms with Gasteiger partial charge in [-0.1, -0.05) is 165 Å². The molecule has 0 aliphatic rings. The monoisotopic (exact) mass is 824 g/mol. The van der Waals surface area contributed by atoms with Crippen molar-refractivity contribution in [1.82, 2.24) is 0 Å². The number of phosphoric ester groups is 1. The number of rotatable bonds is 43. The fraction of sp³-hybridized carbons (Fsp3) is 0.787. The number of esters is 2. The molecule has 0 aromatic carbocycles. The van der Waals surface area contributed by atoms with Crippen LogP contribution in [0.15, 0.2) is 48.6 Å². The minimum Gasteiger partial charge on any atom is -0.462 e. The number of ether oxygens (including phenoxy) is 2. The van der Waals surface area contributed by atoms with E-state index in [2.05, 4.69) is 62.5 Å². The number of hydrogen-bond donors (Lipinski definition) is 2. The Bertz CT molecular complexity index is 1080. The van der Waals surface area contributed by atoms with Crippen LogP contribution in [0.3, 0.4) is 0 Å². The molecule has 0 aliphatic heterocycles. The maximum Gasteiger partial charge on any atom is 0.472 e. The Morgan fingerprint density at radius 3 is 1.33 bits per heavy atom. The van der Waals surface area contributed by atoms with E-state index in [1.165, 1.54) is 109 Å². The number of carbonyl (C=O) groups excluding carboxylic acids is 2. The molecule has 2 unspecified atom stereocenters. The first-order chi connectivity index (χ1) is 27.8. The molecule has 57 heavy (non-hydrogen) atoms. The van der Waals surface area contributed by atoms with Gasteiger partial charge in [0.05, 0.1) is 13.2 Å². The molecule has 0 aromatic heterocycles. The topological polar surface area (TPSA) is 134 Å². The molecule has 0 rings (SSSR count). The summed E-state index contributed by atoms with van der Waals surface area (Å²) in [6, 6.07) is 0. The molecule has 0 saturated carbocycles. The average Bonchev–Trinajstić information content (AvgIpc) is 3.20. The second-order valence-electron chi connectivity index (χ2n) is 15.3. The fourth-order valence-electron chi connectivity index (χ4n) is 6.22. The maximum absolute atomic E-state index is 12.6. The first-order valence-electron chi connectivity index (χ1n) is 23.1. The van der Waals surface area contributed by atoms with Gasteiger partial charge in [-0.3, -0.25) is 18.6 Å². The van der Waals surface area contributed by atoms with Crippen molar-refractivity contribution < 1.29 is 37.6 Å². The average molecular weight is 824 g/mol. The van der Waals surface area contributed by atoms with Crippen LogP contribution >= 0.6 is 7.82 Å². The molecular formula is C47H86NO8P. The van der Waals surface area contributed by atoms with Gasteiger partial charge in [0.2, 0.25) is 0 Å². The minimum atomic E-state index is -4.38. The molecule has 332 valence electrons. The highest BCUT2D eigenvalue weighted by Gasteiger charge is 2.26. The molecule has 0 amide bonds. The van der Waals surface area contributed by atoms with Crippen molar-refractivity contribution in [2.24, 2.45) is 5.73 Å². The Morgan fingerprint density at radius 2 is 0.912 bits per heavy atom. The van der Waals surface area contributed by atoms with Gasteiger partial charge in [0.1, 0.15) is 6.61 Å². The Labute approximate surface area is 349 Å². The molecule has 0 spiro atoms. The van der Waals surface area contributed by atoms with Gasteiger partial charge in [-0.15, -0.1) is 0 Å². The maximum atomic E-state index is 12.6. The van der Waals surface area contributed by atoms with Crippen LogP contribution < -0.4 is 5.73 Å². The minimum absolute atomic E-state index is 0.0502. The summed E-state index contributed by atoms with van der Waals surface area (Å²) in [5, 5.41) is 0. The van der Waals surface area contributed by atoms with E-state index in [1.807, 2.05) is 0 Å². The van der Waals surface area contributed by atoms with Crippen molar-refractivity contribution in [1.29, 1.82) is 0 Å². The lowest BCUT2D eigenvalue weighted by atomic mass is 10.1. The van der Waals surface area contributed by atoms with Crippen LogP contribution in [0.1, 0.15) is 206 Å². The highest BCUT2D eigenvalue weighted by atomic mass is 31.2. The molecule has 0 aliphatic carbocycles. The molecular weight excluding hydrogens is 737 g/mol. The molecule has 0 heterocycles. The van der Waals surface area contributed by atoms with E-state index >= 15 is 0 Å². The molecule has 0 bridgehead atoms. The second-order valence-corrected chi connectivity index (χ2v) is 16.7. The summed E-state index contributed by atoms with van der Waals surface area (Å²) >= 11 is 0. The van der Waals surface area contributed by atoms with Gasteiger partial charge < -0.3 is 20.1 Å². The van der Waals surface area contributed by atoms with Gasteiger partial charge in [0.25, 0.3) is 0 Å². The predicted octanol–water partition coefficient (Wildman–Crippen LogP) is 13.5. The smallest absolute Gasteiger partial charge is 0.462 e. The summed E-state index contributed by atoms with van der Waals surface area (Å²) in [6.07, 6.45) is 49.9. The third-order valence-corrected chi connectivity index (χ3v) is 10.7. The standard InChI is InChI=1S/C47H86NO8P/c1-3-5-7-9-11-13-15-17-19-21-22-24-25-27-29-31-33-35-37-39-46(49)53-43-45(44-55-57(51,52)54-42-41-48)56-47(50)40-38-36-34-32-30-28-26-23-20-18-16-14-12-10-8-6-4-2/h11-14,17-20,45H,3-10,15-16,21-44,48H2,1-2H3,(H,51,52). The van der Waals surface area contributed by atoms with Crippen LogP contribution in [-0.2, 0) is 32.7 Å². The van der Waals surface area contributed by atoms with Gasteiger partial charge in [-0.25, -0.2) is 4.57 Å². The first-order valence-corrected chi connectivity index (χ1v) is 24.6. The zero-order valence-corrected chi connectivity index (χ0v) is 37.5. The van der Waals surface area contributed by atoms with Crippen LogP contribution in [0.2, 0.25) is 0 Å². The zero-order chi connectivity index (χ0) is 41.8. The summed E-state index contributed by atoms with van der Waals surface area (Å²) < 4.78 is 32.8. The number of allylic oxidation sites excluding steroid dienone is 8. The lowest BCUT2D eigenvalue weighted by Gasteiger charge is -2.19. The van der Waals surface area contributed by atoms with Gasteiger partial charge >= 0.3 is 19.8 Å². The van der Waals surface area contributed by atoms with Crippen molar-refractivity contribution in [3.8, 4) is 0 Å². The number of unbranched alkanes of at least 4 members (excludes halogenated alkanes) is 22. The third kappa shape index (κ3) is 43.4. The predicted molar refractivity (Wildman–Crippen MR) is 238 cm³/mol. The fourth-order valence-corrected chi connectivity index (χ4v) is 6.99. The van der Waals surface area contributed by atoms with Crippen LogP contribution in [0, 0.1) is 0 Å². The van der Waals surface area contributed by atoms with Crippen molar-refractivity contribution in [3.05, 3.63) is 48.6 Å². The third-order valence-electron chi connectivity index (χ3n) is 9.69. The molecule has 9 nitrogen and oxygen atoms in total. The molecule has 0 saturated heterocycles. The highest BCUT2D eigenvalue weighted by molar-refractivity contribution is 7.47. The SMILES string of the molecule is CCCCCC=CCC=CCCCCCCCCCCCC(=O)OCC(COP(=O)(O)OCCN)OC(=O)CCCCCCCCCC=CCC=CCCCCC. The summed E-state index contributed by atoms with van der Waals surface area (Å²) in [5.74, 6) is -0.841. The summed E-state index contributed by atoms with van der Waals surface area (Å²) in [5.41, 5.74) is 5.35. The van der Waals surface area contributed by atoms with Crippen LogP contribution in [0.4, 0.5) is 0 Å². The van der Waals surface area contributed by atoms with Crippen LogP contribution in [0.5, 0.6) is 0 Å². The summed E-state index contributed by atoms with van der Waals surface area (Å²) in [7, 11) is -4.38. The molecule has 0 aromatic rings. The van der Waals surface area contributed by atoms with Crippen molar-refractivity contribution in [2.45, 2.75) is 213 Å². The largest absolute Gasteiger partial charge is 0.472 e. The number of hydrogen-bond acceptors (Lipinski definition) is 8. The lowest BCUT2D eigenvalue weighted by Crippen LogP contribution is -2.29. The van der Waals surface area contributed by atoms with E-state index in [1.54, 1.807) is 0 Å².